The number of aryl methyl sites for hydroxylation is 1. The molecule has 0 N–H and O–H groups in total. The highest BCUT2D eigenvalue weighted by Crippen LogP contribution is 2.18. The van der Waals surface area contributed by atoms with Crippen molar-refractivity contribution in [3.05, 3.63) is 70.5 Å². The second-order valence-corrected chi connectivity index (χ2v) is 4.25. The zero-order valence-corrected chi connectivity index (χ0v) is 10.2. The van der Waals surface area contributed by atoms with Crippen LogP contribution >= 0.6 is 0 Å². The van der Waals surface area contributed by atoms with E-state index >= 15 is 0 Å². The lowest BCUT2D eigenvalue weighted by Crippen LogP contribution is -2.09. The van der Waals surface area contributed by atoms with Crippen molar-refractivity contribution in [3.63, 3.8) is 0 Å². The SMILES string of the molecule is Cc1ccccc1CC(=O)c1ccc(F)c(F)c1F. The molecule has 19 heavy (non-hydrogen) atoms. The summed E-state index contributed by atoms with van der Waals surface area (Å²) >= 11 is 0. The van der Waals surface area contributed by atoms with Crippen molar-refractivity contribution < 1.29 is 18.0 Å². The van der Waals surface area contributed by atoms with Crippen molar-refractivity contribution in [1.29, 1.82) is 0 Å². The lowest BCUT2D eigenvalue weighted by Gasteiger charge is -2.06. The molecule has 1 nitrogen and oxygen atoms in total. The van der Waals surface area contributed by atoms with Crippen LogP contribution in [0.3, 0.4) is 0 Å². The summed E-state index contributed by atoms with van der Waals surface area (Å²) in [4.78, 5) is 11.9. The number of carbonyl (C=O) groups excluding carboxylic acids is 1. The van der Waals surface area contributed by atoms with Gasteiger partial charge in [-0.05, 0) is 30.2 Å². The van der Waals surface area contributed by atoms with E-state index in [2.05, 4.69) is 0 Å². The van der Waals surface area contributed by atoms with Gasteiger partial charge in [-0.15, -0.1) is 0 Å². The van der Waals surface area contributed by atoms with Crippen LogP contribution in [0.25, 0.3) is 0 Å². The molecule has 0 aliphatic heterocycles. The first-order valence-electron chi connectivity index (χ1n) is 5.72. The van der Waals surface area contributed by atoms with Gasteiger partial charge < -0.3 is 0 Å². The van der Waals surface area contributed by atoms with Crippen LogP contribution < -0.4 is 0 Å². The molecular weight excluding hydrogens is 253 g/mol. The Morgan fingerprint density at radius 3 is 2.37 bits per heavy atom. The Balaban J connectivity index is 2.31. The minimum atomic E-state index is -1.62. The van der Waals surface area contributed by atoms with Gasteiger partial charge in [0, 0.05) is 6.42 Å². The molecule has 0 radical (unpaired) electrons. The normalized spacial score (nSPS) is 10.5. The zero-order valence-electron chi connectivity index (χ0n) is 10.2. The maximum absolute atomic E-state index is 13.5. The van der Waals surface area contributed by atoms with Crippen LogP contribution in [0.4, 0.5) is 13.2 Å². The van der Waals surface area contributed by atoms with Crippen molar-refractivity contribution in [1.82, 2.24) is 0 Å². The number of halogens is 3. The molecule has 0 fully saturated rings. The first-order chi connectivity index (χ1) is 9.00. The molecule has 0 bridgehead atoms. The summed E-state index contributed by atoms with van der Waals surface area (Å²) in [7, 11) is 0. The molecule has 0 aromatic heterocycles. The summed E-state index contributed by atoms with van der Waals surface area (Å²) in [5.41, 5.74) is 1.19. The Morgan fingerprint density at radius 2 is 1.68 bits per heavy atom. The van der Waals surface area contributed by atoms with Crippen LogP contribution in [-0.2, 0) is 6.42 Å². The fourth-order valence-corrected chi connectivity index (χ4v) is 1.82. The average Bonchev–Trinajstić information content (AvgIpc) is 2.39. The third kappa shape index (κ3) is 2.67. The number of hydrogen-bond donors (Lipinski definition) is 0. The molecule has 0 aliphatic rings. The summed E-state index contributed by atoms with van der Waals surface area (Å²) in [6, 6.07) is 8.87. The second-order valence-electron chi connectivity index (χ2n) is 4.25. The molecular formula is C15H11F3O. The Labute approximate surface area is 108 Å². The minimum absolute atomic E-state index is 0.0470. The van der Waals surface area contributed by atoms with E-state index in [0.717, 1.165) is 23.3 Å². The van der Waals surface area contributed by atoms with Crippen LogP contribution in [-0.4, -0.2) is 5.78 Å². The van der Waals surface area contributed by atoms with Crippen LogP contribution in [0.5, 0.6) is 0 Å². The molecule has 0 amide bonds. The molecule has 0 unspecified atom stereocenters. The van der Waals surface area contributed by atoms with E-state index in [4.69, 9.17) is 0 Å². The molecule has 0 saturated heterocycles. The van der Waals surface area contributed by atoms with E-state index in [1.807, 2.05) is 19.1 Å². The fourth-order valence-electron chi connectivity index (χ4n) is 1.82. The van der Waals surface area contributed by atoms with Gasteiger partial charge >= 0.3 is 0 Å². The summed E-state index contributed by atoms with van der Waals surface area (Å²) in [6.45, 7) is 1.82. The quantitative estimate of drug-likeness (QED) is 0.608. The van der Waals surface area contributed by atoms with Crippen molar-refractivity contribution in [2.45, 2.75) is 13.3 Å². The maximum atomic E-state index is 13.5. The molecule has 0 saturated carbocycles. The summed E-state index contributed by atoms with van der Waals surface area (Å²) in [5.74, 6) is -4.93. The number of benzene rings is 2. The largest absolute Gasteiger partial charge is 0.294 e. The molecule has 0 aliphatic carbocycles. The molecule has 0 heterocycles. The first kappa shape index (κ1) is 13.3. The number of hydrogen-bond acceptors (Lipinski definition) is 1. The number of Topliss-reactive ketones (excluding diaryl/α,β-unsaturated/α-hetero) is 1. The predicted octanol–water partition coefficient (Wildman–Crippen LogP) is 3.84. The highest BCUT2D eigenvalue weighted by Gasteiger charge is 2.19. The number of ketones is 1. The van der Waals surface area contributed by atoms with E-state index in [-0.39, 0.29) is 6.42 Å². The van der Waals surface area contributed by atoms with Crippen molar-refractivity contribution in [3.8, 4) is 0 Å². The van der Waals surface area contributed by atoms with Gasteiger partial charge in [0.25, 0.3) is 0 Å². The average molecular weight is 264 g/mol. The topological polar surface area (TPSA) is 17.1 Å². The lowest BCUT2D eigenvalue weighted by atomic mass is 9.99. The Bertz CT molecular complexity index is 635. The van der Waals surface area contributed by atoms with Gasteiger partial charge in [-0.1, -0.05) is 24.3 Å². The molecule has 0 spiro atoms. The predicted molar refractivity (Wildman–Crippen MR) is 65.5 cm³/mol. The molecule has 2 rings (SSSR count). The van der Waals surface area contributed by atoms with Crippen LogP contribution in [0.2, 0.25) is 0 Å². The summed E-state index contributed by atoms with van der Waals surface area (Å²) in [6.07, 6.45) is -0.0470. The molecule has 98 valence electrons. The first-order valence-corrected chi connectivity index (χ1v) is 5.72. The van der Waals surface area contributed by atoms with Crippen LogP contribution in [0, 0.1) is 24.4 Å². The van der Waals surface area contributed by atoms with Crippen LogP contribution in [0.1, 0.15) is 21.5 Å². The van der Waals surface area contributed by atoms with Gasteiger partial charge in [-0.2, -0.15) is 0 Å². The van der Waals surface area contributed by atoms with Gasteiger partial charge in [0.1, 0.15) is 0 Å². The number of rotatable bonds is 3. The Kier molecular flexibility index (Phi) is 3.69. The zero-order chi connectivity index (χ0) is 14.0. The smallest absolute Gasteiger partial charge is 0.195 e. The van der Waals surface area contributed by atoms with E-state index in [1.54, 1.807) is 12.1 Å². The lowest BCUT2D eigenvalue weighted by molar-refractivity contribution is 0.0987. The van der Waals surface area contributed by atoms with E-state index in [0.29, 0.717) is 0 Å². The van der Waals surface area contributed by atoms with E-state index in [1.165, 1.54) is 0 Å². The van der Waals surface area contributed by atoms with Gasteiger partial charge in [0.15, 0.2) is 23.2 Å². The number of carbonyl (C=O) groups is 1. The minimum Gasteiger partial charge on any atom is -0.294 e. The fraction of sp³-hybridized carbons (Fsp3) is 0.133. The molecule has 4 heteroatoms. The highest BCUT2D eigenvalue weighted by molar-refractivity contribution is 5.97. The monoisotopic (exact) mass is 264 g/mol. The summed E-state index contributed by atoms with van der Waals surface area (Å²) in [5, 5.41) is 0. The van der Waals surface area contributed by atoms with Crippen molar-refractivity contribution in [2.75, 3.05) is 0 Å². The third-order valence-corrected chi connectivity index (χ3v) is 2.95. The molecule has 2 aromatic carbocycles. The van der Waals surface area contributed by atoms with Crippen LogP contribution in [0.15, 0.2) is 36.4 Å². The maximum Gasteiger partial charge on any atom is 0.195 e. The molecule has 2 aromatic rings. The highest BCUT2D eigenvalue weighted by atomic mass is 19.2. The van der Waals surface area contributed by atoms with Gasteiger partial charge in [0.05, 0.1) is 5.56 Å². The van der Waals surface area contributed by atoms with E-state index in [9.17, 15) is 18.0 Å². The van der Waals surface area contributed by atoms with Gasteiger partial charge in [-0.3, -0.25) is 4.79 Å². The third-order valence-electron chi connectivity index (χ3n) is 2.95. The Morgan fingerprint density at radius 1 is 1.00 bits per heavy atom. The van der Waals surface area contributed by atoms with Crippen molar-refractivity contribution in [2.24, 2.45) is 0 Å². The molecule has 0 atom stereocenters. The van der Waals surface area contributed by atoms with Crippen molar-refractivity contribution >= 4 is 5.78 Å². The Hall–Kier alpha value is -2.10. The van der Waals surface area contributed by atoms with Gasteiger partial charge in [0.2, 0.25) is 0 Å². The summed E-state index contributed by atoms with van der Waals surface area (Å²) < 4.78 is 39.3. The standard InChI is InChI=1S/C15H11F3O/c1-9-4-2-3-5-10(9)8-13(19)11-6-7-12(16)15(18)14(11)17/h2-7H,8H2,1H3. The van der Waals surface area contributed by atoms with E-state index < -0.39 is 28.8 Å². The second kappa shape index (κ2) is 5.26. The van der Waals surface area contributed by atoms with Gasteiger partial charge in [-0.25, -0.2) is 13.2 Å².